The Labute approximate surface area is 97.8 Å². The molecule has 1 aromatic heterocycles. The molecule has 1 N–H and O–H groups in total. The number of ether oxygens (including phenoxy) is 1. The molecule has 0 aromatic carbocycles. The second kappa shape index (κ2) is 4.94. The largest absolute Gasteiger partial charge is 0.458 e. The fourth-order valence-corrected chi connectivity index (χ4v) is 2.74. The molecule has 1 unspecified atom stereocenters. The van der Waals surface area contributed by atoms with Crippen molar-refractivity contribution in [3.8, 4) is 0 Å². The van der Waals surface area contributed by atoms with Crippen LogP contribution in [0.15, 0.2) is 16.3 Å². The standard InChI is InChI=1S/C9H12O5S2/c1-3-6(2)14-9(10)8-7(4-5-15-8)16(11,12)13/h4-6H,3H2,1-2H3,(H,11,12,13). The summed E-state index contributed by atoms with van der Waals surface area (Å²) in [5.41, 5.74) is 0. The molecule has 1 rings (SSSR count). The van der Waals surface area contributed by atoms with Crippen LogP contribution in [0, 0.1) is 0 Å². The van der Waals surface area contributed by atoms with E-state index in [1.165, 1.54) is 11.4 Å². The molecule has 0 aliphatic heterocycles. The molecule has 7 heteroatoms. The number of carbonyl (C=O) groups is 1. The minimum atomic E-state index is -4.37. The summed E-state index contributed by atoms with van der Waals surface area (Å²) in [7, 11) is -4.37. The van der Waals surface area contributed by atoms with E-state index >= 15 is 0 Å². The number of carbonyl (C=O) groups excluding carboxylic acids is 1. The molecule has 0 aliphatic carbocycles. The third-order valence-corrected chi connectivity index (χ3v) is 3.90. The third kappa shape index (κ3) is 3.03. The quantitative estimate of drug-likeness (QED) is 0.664. The predicted octanol–water partition coefficient (Wildman–Crippen LogP) is 1.95. The summed E-state index contributed by atoms with van der Waals surface area (Å²) in [5.74, 6) is -0.725. The lowest BCUT2D eigenvalue weighted by Gasteiger charge is -2.10. The number of thiophene rings is 1. The monoisotopic (exact) mass is 264 g/mol. The van der Waals surface area contributed by atoms with E-state index in [0.29, 0.717) is 6.42 Å². The highest BCUT2D eigenvalue weighted by Gasteiger charge is 2.23. The Morgan fingerprint density at radius 2 is 2.25 bits per heavy atom. The summed E-state index contributed by atoms with van der Waals surface area (Å²) in [6.07, 6.45) is 0.349. The van der Waals surface area contributed by atoms with Crippen molar-refractivity contribution < 1.29 is 22.5 Å². The van der Waals surface area contributed by atoms with Crippen LogP contribution in [0.4, 0.5) is 0 Å². The van der Waals surface area contributed by atoms with E-state index in [1.807, 2.05) is 6.92 Å². The number of hydrogen-bond donors (Lipinski definition) is 1. The maximum atomic E-state index is 11.6. The Balaban J connectivity index is 2.98. The normalized spacial score (nSPS) is 13.4. The molecule has 0 bridgehead atoms. The van der Waals surface area contributed by atoms with Gasteiger partial charge in [0.25, 0.3) is 10.1 Å². The minimum Gasteiger partial charge on any atom is -0.458 e. The summed E-state index contributed by atoms with van der Waals surface area (Å²) in [5, 5.41) is 1.41. The first-order valence-corrected chi connectivity index (χ1v) is 6.94. The van der Waals surface area contributed by atoms with Crippen LogP contribution in [0.25, 0.3) is 0 Å². The molecule has 0 spiro atoms. The zero-order valence-corrected chi connectivity index (χ0v) is 10.5. The van der Waals surface area contributed by atoms with Crippen LogP contribution in [0.5, 0.6) is 0 Å². The number of rotatable bonds is 4. The number of esters is 1. The lowest BCUT2D eigenvalue weighted by atomic mass is 10.3. The molecule has 1 atom stereocenters. The lowest BCUT2D eigenvalue weighted by Crippen LogP contribution is -2.15. The molecule has 0 saturated carbocycles. The van der Waals surface area contributed by atoms with Crippen LogP contribution in [0.3, 0.4) is 0 Å². The van der Waals surface area contributed by atoms with Gasteiger partial charge in [0.05, 0.1) is 6.10 Å². The first kappa shape index (κ1) is 13.1. The van der Waals surface area contributed by atoms with Crippen molar-refractivity contribution in [2.24, 2.45) is 0 Å². The minimum absolute atomic E-state index is 0.0946. The molecule has 0 aliphatic rings. The molecular formula is C9H12O5S2. The van der Waals surface area contributed by atoms with Crippen LogP contribution in [-0.2, 0) is 14.9 Å². The van der Waals surface area contributed by atoms with Gasteiger partial charge in [0.1, 0.15) is 9.77 Å². The van der Waals surface area contributed by atoms with Gasteiger partial charge in [0, 0.05) is 0 Å². The van der Waals surface area contributed by atoms with Gasteiger partial charge >= 0.3 is 5.97 Å². The van der Waals surface area contributed by atoms with E-state index in [2.05, 4.69) is 0 Å². The highest BCUT2D eigenvalue weighted by molar-refractivity contribution is 7.86. The summed E-state index contributed by atoms with van der Waals surface area (Å²) in [6, 6.07) is 1.17. The van der Waals surface area contributed by atoms with Crippen LogP contribution in [0.1, 0.15) is 29.9 Å². The first-order valence-electron chi connectivity index (χ1n) is 4.62. The molecule has 16 heavy (non-hydrogen) atoms. The number of hydrogen-bond acceptors (Lipinski definition) is 5. The van der Waals surface area contributed by atoms with Gasteiger partial charge in [-0.3, -0.25) is 4.55 Å². The van der Waals surface area contributed by atoms with E-state index in [9.17, 15) is 13.2 Å². The Morgan fingerprint density at radius 1 is 1.62 bits per heavy atom. The maximum Gasteiger partial charge on any atom is 0.350 e. The van der Waals surface area contributed by atoms with E-state index < -0.39 is 21.0 Å². The molecule has 0 amide bonds. The molecule has 1 aromatic rings. The zero-order valence-electron chi connectivity index (χ0n) is 8.84. The van der Waals surface area contributed by atoms with Crippen molar-refractivity contribution in [1.29, 1.82) is 0 Å². The van der Waals surface area contributed by atoms with Crippen molar-refractivity contribution in [2.75, 3.05) is 0 Å². The summed E-state index contributed by atoms with van der Waals surface area (Å²) in [6.45, 7) is 3.55. The average molecular weight is 264 g/mol. The van der Waals surface area contributed by atoms with Crippen molar-refractivity contribution in [2.45, 2.75) is 31.3 Å². The van der Waals surface area contributed by atoms with E-state index in [4.69, 9.17) is 9.29 Å². The average Bonchev–Trinajstić information content (AvgIpc) is 2.65. The van der Waals surface area contributed by atoms with Gasteiger partial charge in [-0.15, -0.1) is 11.3 Å². The molecule has 0 fully saturated rings. The van der Waals surface area contributed by atoms with Crippen molar-refractivity contribution in [3.63, 3.8) is 0 Å². The highest BCUT2D eigenvalue weighted by atomic mass is 32.2. The Bertz CT molecular complexity index is 474. The Morgan fingerprint density at radius 3 is 2.75 bits per heavy atom. The summed E-state index contributed by atoms with van der Waals surface area (Å²) < 4.78 is 35.7. The molecule has 5 nitrogen and oxygen atoms in total. The molecule has 1 heterocycles. The van der Waals surface area contributed by atoms with Gasteiger partial charge in [-0.2, -0.15) is 8.42 Å². The van der Waals surface area contributed by atoms with Crippen LogP contribution in [-0.4, -0.2) is 25.0 Å². The second-order valence-electron chi connectivity index (χ2n) is 3.21. The highest BCUT2D eigenvalue weighted by Crippen LogP contribution is 2.23. The predicted molar refractivity (Wildman–Crippen MR) is 59.3 cm³/mol. The van der Waals surface area contributed by atoms with Gasteiger partial charge < -0.3 is 4.74 Å². The smallest absolute Gasteiger partial charge is 0.350 e. The van der Waals surface area contributed by atoms with E-state index in [1.54, 1.807) is 6.92 Å². The molecule has 0 radical (unpaired) electrons. The maximum absolute atomic E-state index is 11.6. The zero-order chi connectivity index (χ0) is 12.3. The van der Waals surface area contributed by atoms with E-state index in [-0.39, 0.29) is 11.0 Å². The van der Waals surface area contributed by atoms with Crippen LogP contribution in [0.2, 0.25) is 0 Å². The second-order valence-corrected chi connectivity index (χ2v) is 5.52. The topological polar surface area (TPSA) is 80.7 Å². The van der Waals surface area contributed by atoms with Crippen molar-refractivity contribution in [1.82, 2.24) is 0 Å². The SMILES string of the molecule is CCC(C)OC(=O)c1sccc1S(=O)(=O)O. The summed E-state index contributed by atoms with van der Waals surface area (Å²) in [4.78, 5) is 11.1. The fraction of sp³-hybridized carbons (Fsp3) is 0.444. The van der Waals surface area contributed by atoms with Crippen LogP contribution >= 0.6 is 11.3 Å². The van der Waals surface area contributed by atoms with E-state index in [0.717, 1.165) is 11.3 Å². The Hall–Kier alpha value is -0.920. The van der Waals surface area contributed by atoms with Gasteiger partial charge in [0.2, 0.25) is 0 Å². The van der Waals surface area contributed by atoms with Crippen molar-refractivity contribution >= 4 is 27.4 Å². The summed E-state index contributed by atoms with van der Waals surface area (Å²) >= 11 is 0.923. The Kier molecular flexibility index (Phi) is 4.06. The van der Waals surface area contributed by atoms with Crippen LogP contribution < -0.4 is 0 Å². The van der Waals surface area contributed by atoms with Gasteiger partial charge in [0.15, 0.2) is 0 Å². The lowest BCUT2D eigenvalue weighted by molar-refractivity contribution is 0.0336. The van der Waals surface area contributed by atoms with Crippen molar-refractivity contribution in [3.05, 3.63) is 16.3 Å². The third-order valence-electron chi connectivity index (χ3n) is 1.98. The molecule has 90 valence electrons. The van der Waals surface area contributed by atoms with Gasteiger partial charge in [-0.05, 0) is 24.8 Å². The molecular weight excluding hydrogens is 252 g/mol. The van der Waals surface area contributed by atoms with Gasteiger partial charge in [-0.25, -0.2) is 4.79 Å². The first-order chi connectivity index (χ1) is 7.36. The fourth-order valence-electron chi connectivity index (χ4n) is 0.969. The van der Waals surface area contributed by atoms with Gasteiger partial charge in [-0.1, -0.05) is 6.92 Å². The molecule has 0 saturated heterocycles.